The zero-order chi connectivity index (χ0) is 16.4. The zero-order valence-electron chi connectivity index (χ0n) is 13.1. The third kappa shape index (κ3) is 2.84. The summed E-state index contributed by atoms with van der Waals surface area (Å²) in [6.07, 6.45) is 7.89. The van der Waals surface area contributed by atoms with E-state index in [-0.39, 0.29) is 12.1 Å². The van der Waals surface area contributed by atoms with Crippen LogP contribution in [-0.2, 0) is 13.1 Å². The van der Waals surface area contributed by atoms with Gasteiger partial charge in [-0.25, -0.2) is 4.79 Å². The molecule has 1 aliphatic carbocycles. The van der Waals surface area contributed by atoms with Gasteiger partial charge in [0.2, 0.25) is 0 Å². The second kappa shape index (κ2) is 6.24. The van der Waals surface area contributed by atoms with E-state index in [1.54, 1.807) is 6.92 Å². The van der Waals surface area contributed by atoms with Crippen LogP contribution in [0.3, 0.4) is 0 Å². The summed E-state index contributed by atoms with van der Waals surface area (Å²) in [7, 11) is 0. The van der Waals surface area contributed by atoms with Gasteiger partial charge in [0, 0.05) is 18.9 Å². The molecule has 0 radical (unpaired) electrons. The summed E-state index contributed by atoms with van der Waals surface area (Å²) >= 11 is 0. The van der Waals surface area contributed by atoms with Crippen LogP contribution < -0.4 is 11.2 Å². The summed E-state index contributed by atoms with van der Waals surface area (Å²) in [6.45, 7) is 2.30. The second-order valence-corrected chi connectivity index (χ2v) is 5.84. The minimum absolute atomic E-state index is 0.0262. The van der Waals surface area contributed by atoms with Gasteiger partial charge in [0.15, 0.2) is 0 Å². The number of hydrogen-bond acceptors (Lipinski definition) is 4. The highest BCUT2D eigenvalue weighted by Gasteiger charge is 2.18. The molecule has 0 aromatic carbocycles. The summed E-state index contributed by atoms with van der Waals surface area (Å²) in [5.41, 5.74) is -0.333. The van der Waals surface area contributed by atoms with E-state index in [2.05, 4.69) is 5.10 Å². The maximum Gasteiger partial charge on any atom is 0.331 e. The van der Waals surface area contributed by atoms with Crippen LogP contribution in [0.25, 0.3) is 0 Å². The topological polar surface area (TPSA) is 85.6 Å². The molecule has 2 aromatic rings. The first-order chi connectivity index (χ1) is 11.1. The fraction of sp³-hybridized carbons (Fsp3) is 0.500. The van der Waals surface area contributed by atoms with Crippen molar-refractivity contribution in [2.45, 2.75) is 51.7 Å². The van der Waals surface area contributed by atoms with Gasteiger partial charge in [-0.15, -0.1) is 0 Å². The van der Waals surface area contributed by atoms with Crippen molar-refractivity contribution in [2.75, 3.05) is 0 Å². The number of aryl methyl sites for hydroxylation is 1. The Labute approximate surface area is 133 Å². The fourth-order valence-corrected chi connectivity index (χ4v) is 3.09. The van der Waals surface area contributed by atoms with Crippen LogP contribution in [0.2, 0.25) is 0 Å². The molecular weight excluding hydrogens is 294 g/mol. The van der Waals surface area contributed by atoms with Crippen LogP contribution >= 0.6 is 0 Å². The van der Waals surface area contributed by atoms with Crippen molar-refractivity contribution in [3.05, 3.63) is 50.6 Å². The molecule has 7 heteroatoms. The number of rotatable bonds is 4. The Morgan fingerprint density at radius 2 is 2.09 bits per heavy atom. The van der Waals surface area contributed by atoms with Crippen LogP contribution in [0.5, 0.6) is 0 Å². The van der Waals surface area contributed by atoms with E-state index in [0.29, 0.717) is 18.3 Å². The van der Waals surface area contributed by atoms with E-state index < -0.39 is 11.2 Å². The average Bonchev–Trinajstić information content (AvgIpc) is 3.23. The molecule has 120 valence electrons. The minimum atomic E-state index is -0.558. The van der Waals surface area contributed by atoms with Crippen molar-refractivity contribution in [1.82, 2.24) is 18.9 Å². The largest absolute Gasteiger partial charge is 0.331 e. The zero-order valence-corrected chi connectivity index (χ0v) is 13.1. The molecule has 0 saturated heterocycles. The molecule has 7 nitrogen and oxygen atoms in total. The Kier molecular flexibility index (Phi) is 4.15. The van der Waals surface area contributed by atoms with Gasteiger partial charge >= 0.3 is 5.69 Å². The van der Waals surface area contributed by atoms with E-state index in [0.717, 1.165) is 17.4 Å². The third-order valence-electron chi connectivity index (χ3n) is 4.38. The Morgan fingerprint density at radius 1 is 1.35 bits per heavy atom. The van der Waals surface area contributed by atoms with E-state index in [1.807, 2.05) is 23.0 Å². The van der Waals surface area contributed by atoms with Gasteiger partial charge in [-0.2, -0.15) is 10.4 Å². The van der Waals surface area contributed by atoms with Crippen LogP contribution in [0.15, 0.2) is 28.0 Å². The molecule has 0 spiro atoms. The maximum atomic E-state index is 12.3. The lowest BCUT2D eigenvalue weighted by atomic mass is 10.3. The summed E-state index contributed by atoms with van der Waals surface area (Å²) in [6, 6.07) is 4.10. The van der Waals surface area contributed by atoms with Crippen LogP contribution in [0, 0.1) is 11.3 Å². The van der Waals surface area contributed by atoms with E-state index in [1.165, 1.54) is 23.6 Å². The van der Waals surface area contributed by atoms with Crippen LogP contribution in [0.1, 0.15) is 49.9 Å². The summed E-state index contributed by atoms with van der Waals surface area (Å²) in [5, 5.41) is 13.6. The molecule has 0 unspecified atom stereocenters. The monoisotopic (exact) mass is 313 g/mol. The number of nitriles is 1. The summed E-state index contributed by atoms with van der Waals surface area (Å²) < 4.78 is 4.39. The maximum absolute atomic E-state index is 12.3. The highest BCUT2D eigenvalue weighted by Crippen LogP contribution is 2.28. The second-order valence-electron chi connectivity index (χ2n) is 5.84. The standard InChI is InChI=1S/C16H19N5O2/c1-2-19-10-12(9-17)15(22)20(16(19)23)11-13-7-8-21(18-13)14-5-3-4-6-14/h7-8,10,14H,2-6,11H2,1H3. The van der Waals surface area contributed by atoms with Crippen molar-refractivity contribution in [2.24, 2.45) is 0 Å². The summed E-state index contributed by atoms with van der Waals surface area (Å²) in [5.74, 6) is 0. The highest BCUT2D eigenvalue weighted by molar-refractivity contribution is 5.22. The molecule has 0 amide bonds. The number of nitrogens with zero attached hydrogens (tertiary/aromatic N) is 5. The van der Waals surface area contributed by atoms with Gasteiger partial charge in [-0.3, -0.25) is 18.6 Å². The predicted molar refractivity (Wildman–Crippen MR) is 84.2 cm³/mol. The van der Waals surface area contributed by atoms with E-state index in [4.69, 9.17) is 5.26 Å². The smallest absolute Gasteiger partial charge is 0.299 e. The Balaban J connectivity index is 1.95. The van der Waals surface area contributed by atoms with Crippen molar-refractivity contribution in [1.29, 1.82) is 5.26 Å². The average molecular weight is 313 g/mol. The first-order valence-corrected chi connectivity index (χ1v) is 7.92. The van der Waals surface area contributed by atoms with E-state index in [9.17, 15) is 9.59 Å². The summed E-state index contributed by atoms with van der Waals surface area (Å²) in [4.78, 5) is 24.6. The van der Waals surface area contributed by atoms with Crippen molar-refractivity contribution >= 4 is 0 Å². The molecular formula is C16H19N5O2. The highest BCUT2D eigenvalue weighted by atomic mass is 16.2. The molecule has 1 fully saturated rings. The molecule has 2 heterocycles. The molecule has 1 aliphatic rings. The lowest BCUT2D eigenvalue weighted by Gasteiger charge is -2.10. The predicted octanol–water partition coefficient (Wildman–Crippen LogP) is 1.26. The number of hydrogen-bond donors (Lipinski definition) is 0. The first-order valence-electron chi connectivity index (χ1n) is 7.92. The van der Waals surface area contributed by atoms with Gasteiger partial charge in [0.25, 0.3) is 5.56 Å². The fourth-order valence-electron chi connectivity index (χ4n) is 3.09. The Morgan fingerprint density at radius 3 is 2.74 bits per heavy atom. The molecule has 23 heavy (non-hydrogen) atoms. The van der Waals surface area contributed by atoms with Gasteiger partial charge < -0.3 is 0 Å². The third-order valence-corrected chi connectivity index (χ3v) is 4.38. The van der Waals surface area contributed by atoms with Gasteiger partial charge in [0.05, 0.1) is 18.3 Å². The SMILES string of the molecule is CCn1cc(C#N)c(=O)n(Cc2ccn(C3CCCC3)n2)c1=O. The Bertz CT molecular complexity index is 862. The first kappa shape index (κ1) is 15.3. The Hall–Kier alpha value is -2.62. The van der Waals surface area contributed by atoms with Gasteiger partial charge in [0.1, 0.15) is 11.6 Å². The minimum Gasteiger partial charge on any atom is -0.299 e. The van der Waals surface area contributed by atoms with Crippen molar-refractivity contribution in [3.63, 3.8) is 0 Å². The quantitative estimate of drug-likeness (QED) is 0.850. The lowest BCUT2D eigenvalue weighted by molar-refractivity contribution is 0.460. The lowest BCUT2D eigenvalue weighted by Crippen LogP contribution is -2.41. The van der Waals surface area contributed by atoms with Crippen LogP contribution in [-0.4, -0.2) is 18.9 Å². The van der Waals surface area contributed by atoms with Gasteiger partial charge in [-0.05, 0) is 25.8 Å². The molecule has 0 atom stereocenters. The van der Waals surface area contributed by atoms with Crippen molar-refractivity contribution < 1.29 is 0 Å². The molecule has 0 aliphatic heterocycles. The van der Waals surface area contributed by atoms with Crippen LogP contribution in [0.4, 0.5) is 0 Å². The molecule has 0 bridgehead atoms. The van der Waals surface area contributed by atoms with Crippen molar-refractivity contribution in [3.8, 4) is 6.07 Å². The normalized spacial score (nSPS) is 15.0. The van der Waals surface area contributed by atoms with Gasteiger partial charge in [-0.1, -0.05) is 12.8 Å². The molecule has 3 rings (SSSR count). The molecule has 2 aromatic heterocycles. The molecule has 0 N–H and O–H groups in total. The van der Waals surface area contributed by atoms with E-state index >= 15 is 0 Å². The number of aromatic nitrogens is 4. The molecule has 1 saturated carbocycles.